The van der Waals surface area contributed by atoms with Gasteiger partial charge in [0.25, 0.3) is 5.91 Å². The third-order valence-electron chi connectivity index (χ3n) is 5.41. The molecule has 184 valence electrons. The first kappa shape index (κ1) is 23.7. The van der Waals surface area contributed by atoms with E-state index >= 15 is 0 Å². The molecule has 0 atom stereocenters. The Bertz CT molecular complexity index is 1540. The molecule has 0 aliphatic heterocycles. The van der Waals surface area contributed by atoms with Gasteiger partial charge in [-0.15, -0.1) is 0 Å². The summed E-state index contributed by atoms with van der Waals surface area (Å²) in [5, 5.41) is 9.70. The second kappa shape index (κ2) is 10.3. The molecule has 10 nitrogen and oxygen atoms in total. The summed E-state index contributed by atoms with van der Waals surface area (Å²) in [4.78, 5) is 34.1. The molecule has 0 saturated heterocycles. The van der Waals surface area contributed by atoms with Crippen molar-refractivity contribution in [2.45, 2.75) is 20.4 Å². The van der Waals surface area contributed by atoms with Crippen LogP contribution < -0.4 is 10.6 Å². The standard InChI is InChI=1S/C26H21FN8O2/c1-15-11-24(33-23-9-10-37-35-23)34-25(31-15)18-4-7-21(29-14-18)26(36)30-13-17-3-6-20(28-12-17)19-5-8-22(27)32-16(19)2/h3-12,14H,13H2,1-2H3,(H,30,36)(H,31,33,34,35). The topological polar surface area (TPSA) is 132 Å². The van der Waals surface area contributed by atoms with Crippen molar-refractivity contribution in [1.29, 1.82) is 0 Å². The van der Waals surface area contributed by atoms with Crippen molar-refractivity contribution in [3.63, 3.8) is 0 Å². The highest BCUT2D eigenvalue weighted by Crippen LogP contribution is 2.21. The van der Waals surface area contributed by atoms with E-state index in [2.05, 4.69) is 40.7 Å². The van der Waals surface area contributed by atoms with E-state index in [1.54, 1.807) is 49.6 Å². The van der Waals surface area contributed by atoms with Gasteiger partial charge in [0.15, 0.2) is 11.6 Å². The maximum Gasteiger partial charge on any atom is 0.270 e. The van der Waals surface area contributed by atoms with Crippen molar-refractivity contribution in [2.24, 2.45) is 0 Å². The lowest BCUT2D eigenvalue weighted by Crippen LogP contribution is -2.23. The molecule has 11 heteroatoms. The lowest BCUT2D eigenvalue weighted by molar-refractivity contribution is 0.0946. The van der Waals surface area contributed by atoms with Gasteiger partial charge in [0.05, 0.1) is 5.69 Å². The van der Waals surface area contributed by atoms with Crippen LogP contribution in [0.15, 0.2) is 71.7 Å². The fourth-order valence-corrected chi connectivity index (χ4v) is 3.59. The normalized spacial score (nSPS) is 10.8. The molecule has 0 unspecified atom stereocenters. The maximum atomic E-state index is 13.3. The summed E-state index contributed by atoms with van der Waals surface area (Å²) in [5.41, 5.74) is 4.46. The molecule has 5 rings (SSSR count). The molecule has 0 radical (unpaired) electrons. The van der Waals surface area contributed by atoms with Crippen LogP contribution in [0.5, 0.6) is 0 Å². The molecule has 5 heterocycles. The van der Waals surface area contributed by atoms with Crippen molar-refractivity contribution in [2.75, 3.05) is 5.32 Å². The van der Waals surface area contributed by atoms with E-state index in [0.29, 0.717) is 34.4 Å². The number of anilines is 2. The van der Waals surface area contributed by atoms with Gasteiger partial charge in [0.2, 0.25) is 5.95 Å². The fraction of sp³-hybridized carbons (Fsp3) is 0.115. The summed E-state index contributed by atoms with van der Waals surface area (Å²) in [5.74, 6) is 0.694. The zero-order valence-corrected chi connectivity index (χ0v) is 19.9. The van der Waals surface area contributed by atoms with E-state index in [-0.39, 0.29) is 18.1 Å². The molecule has 5 aromatic heterocycles. The quantitative estimate of drug-likeness (QED) is 0.314. The number of hydrogen-bond acceptors (Lipinski definition) is 9. The molecular weight excluding hydrogens is 475 g/mol. The van der Waals surface area contributed by atoms with E-state index in [1.165, 1.54) is 12.3 Å². The molecule has 0 aromatic carbocycles. The lowest BCUT2D eigenvalue weighted by atomic mass is 10.1. The van der Waals surface area contributed by atoms with Crippen LogP contribution in [0.1, 0.15) is 27.4 Å². The van der Waals surface area contributed by atoms with Crippen molar-refractivity contribution >= 4 is 17.5 Å². The Morgan fingerprint density at radius 1 is 0.946 bits per heavy atom. The summed E-state index contributed by atoms with van der Waals surface area (Å²) < 4.78 is 18.1. The van der Waals surface area contributed by atoms with Gasteiger partial charge in [-0.25, -0.2) is 15.0 Å². The van der Waals surface area contributed by atoms with Crippen molar-refractivity contribution in [1.82, 2.24) is 35.4 Å². The predicted octanol–water partition coefficient (Wildman–Crippen LogP) is 4.41. The molecule has 0 fully saturated rings. The Balaban J connectivity index is 1.22. The van der Waals surface area contributed by atoms with E-state index in [9.17, 15) is 9.18 Å². The predicted molar refractivity (Wildman–Crippen MR) is 133 cm³/mol. The van der Waals surface area contributed by atoms with Crippen LogP contribution in [0.2, 0.25) is 0 Å². The maximum absolute atomic E-state index is 13.3. The number of nitrogens with zero attached hydrogens (tertiary/aromatic N) is 6. The fourth-order valence-electron chi connectivity index (χ4n) is 3.59. The number of carbonyl (C=O) groups excluding carboxylic acids is 1. The van der Waals surface area contributed by atoms with Gasteiger partial charge < -0.3 is 15.2 Å². The van der Waals surface area contributed by atoms with Crippen molar-refractivity contribution < 1.29 is 13.7 Å². The number of halogens is 1. The lowest BCUT2D eigenvalue weighted by Gasteiger charge is -2.08. The number of pyridine rings is 3. The molecule has 37 heavy (non-hydrogen) atoms. The second-order valence-corrected chi connectivity index (χ2v) is 8.16. The minimum absolute atomic E-state index is 0.259. The van der Waals surface area contributed by atoms with E-state index in [1.807, 2.05) is 19.1 Å². The van der Waals surface area contributed by atoms with Gasteiger partial charge in [-0.3, -0.25) is 14.8 Å². The first-order valence-corrected chi connectivity index (χ1v) is 11.3. The number of amides is 1. The van der Waals surface area contributed by atoms with Gasteiger partial charge in [-0.1, -0.05) is 11.2 Å². The molecule has 0 bridgehead atoms. The third kappa shape index (κ3) is 5.61. The zero-order valence-electron chi connectivity index (χ0n) is 19.9. The largest absolute Gasteiger partial charge is 0.363 e. The summed E-state index contributed by atoms with van der Waals surface area (Å²) in [6, 6.07) is 13.4. The van der Waals surface area contributed by atoms with E-state index in [4.69, 9.17) is 4.52 Å². The van der Waals surface area contributed by atoms with Crippen LogP contribution in [0.4, 0.5) is 16.0 Å². The Morgan fingerprint density at radius 2 is 1.84 bits per heavy atom. The molecule has 0 aliphatic rings. The first-order chi connectivity index (χ1) is 17.9. The molecule has 1 amide bonds. The van der Waals surface area contributed by atoms with Crippen molar-refractivity contribution in [3.8, 4) is 22.6 Å². The minimum atomic E-state index is -0.529. The third-order valence-corrected chi connectivity index (χ3v) is 5.41. The van der Waals surface area contributed by atoms with Gasteiger partial charge in [-0.2, -0.15) is 4.39 Å². The van der Waals surface area contributed by atoms with Crippen LogP contribution in [-0.2, 0) is 6.54 Å². The Kier molecular flexibility index (Phi) is 6.58. The van der Waals surface area contributed by atoms with Crippen molar-refractivity contribution in [3.05, 3.63) is 95.8 Å². The Morgan fingerprint density at radius 3 is 2.54 bits per heavy atom. The van der Waals surface area contributed by atoms with Crippen LogP contribution in [0.3, 0.4) is 0 Å². The first-order valence-electron chi connectivity index (χ1n) is 11.3. The van der Waals surface area contributed by atoms with E-state index < -0.39 is 5.95 Å². The van der Waals surface area contributed by atoms with Crippen LogP contribution in [0, 0.1) is 19.8 Å². The monoisotopic (exact) mass is 496 g/mol. The Labute approximate surface area is 211 Å². The number of rotatable bonds is 7. The highest BCUT2D eigenvalue weighted by atomic mass is 19.1. The number of aryl methyl sites for hydroxylation is 2. The van der Waals surface area contributed by atoms with E-state index in [0.717, 1.165) is 16.8 Å². The van der Waals surface area contributed by atoms with Crippen LogP contribution in [-0.4, -0.2) is 36.0 Å². The summed E-state index contributed by atoms with van der Waals surface area (Å²) >= 11 is 0. The van der Waals surface area contributed by atoms with Crippen LogP contribution >= 0.6 is 0 Å². The summed E-state index contributed by atoms with van der Waals surface area (Å²) in [6.07, 6.45) is 4.68. The summed E-state index contributed by atoms with van der Waals surface area (Å²) in [6.45, 7) is 3.86. The number of nitrogens with one attached hydrogen (secondary N) is 2. The number of hydrogen-bond donors (Lipinski definition) is 2. The van der Waals surface area contributed by atoms with Gasteiger partial charge in [0, 0.05) is 53.6 Å². The number of carbonyl (C=O) groups is 1. The van der Waals surface area contributed by atoms with Gasteiger partial charge in [-0.05, 0) is 49.7 Å². The molecule has 0 aliphatic carbocycles. The Hall–Kier alpha value is -5.06. The minimum Gasteiger partial charge on any atom is -0.363 e. The summed E-state index contributed by atoms with van der Waals surface area (Å²) in [7, 11) is 0. The molecule has 0 spiro atoms. The van der Waals surface area contributed by atoms with Crippen LogP contribution in [0.25, 0.3) is 22.6 Å². The molecule has 2 N–H and O–H groups in total. The highest BCUT2D eigenvalue weighted by Gasteiger charge is 2.11. The molecule has 0 saturated carbocycles. The molecule has 5 aromatic rings. The average molecular weight is 497 g/mol. The zero-order chi connectivity index (χ0) is 25.8. The van der Waals surface area contributed by atoms with Gasteiger partial charge >= 0.3 is 0 Å². The SMILES string of the molecule is Cc1cc(Nc2ccon2)nc(-c2ccc(C(=O)NCc3ccc(-c4ccc(F)nc4C)nc3)nc2)n1. The smallest absolute Gasteiger partial charge is 0.270 e. The molecular formula is C26H21FN8O2. The average Bonchev–Trinajstić information content (AvgIpc) is 3.40. The number of aromatic nitrogens is 6. The second-order valence-electron chi connectivity index (χ2n) is 8.16. The van der Waals surface area contributed by atoms with Gasteiger partial charge in [0.1, 0.15) is 17.8 Å². The highest BCUT2D eigenvalue weighted by molar-refractivity contribution is 5.92.